The van der Waals surface area contributed by atoms with Crippen LogP contribution in [0.3, 0.4) is 0 Å². The third-order valence-corrected chi connectivity index (χ3v) is 2.43. The summed E-state index contributed by atoms with van der Waals surface area (Å²) < 4.78 is 0. The van der Waals surface area contributed by atoms with Gasteiger partial charge in [-0.25, -0.2) is 0 Å². The molecule has 0 heterocycles. The highest BCUT2D eigenvalue weighted by molar-refractivity contribution is 5.31. The van der Waals surface area contributed by atoms with Gasteiger partial charge in [-0.3, -0.25) is 0 Å². The van der Waals surface area contributed by atoms with Crippen molar-refractivity contribution in [2.75, 3.05) is 0 Å². The van der Waals surface area contributed by atoms with Crippen molar-refractivity contribution in [3.8, 4) is 0 Å². The Hall–Kier alpha value is -1.24. The molecule has 1 heteroatoms. The van der Waals surface area contributed by atoms with Crippen LogP contribution in [0.15, 0.2) is 47.9 Å². The first-order valence-electron chi connectivity index (χ1n) is 5.74. The second-order valence-corrected chi connectivity index (χ2v) is 3.90. The molecule has 0 fully saturated rings. The summed E-state index contributed by atoms with van der Waals surface area (Å²) in [4.78, 5) is 0. The zero-order chi connectivity index (χ0) is 11.1. The summed E-state index contributed by atoms with van der Waals surface area (Å²) in [6.45, 7) is 8.17. The van der Waals surface area contributed by atoms with Gasteiger partial charge >= 0.3 is 0 Å². The van der Waals surface area contributed by atoms with E-state index in [0.717, 1.165) is 12.1 Å². The fourth-order valence-electron chi connectivity index (χ4n) is 1.80. The van der Waals surface area contributed by atoms with Crippen molar-refractivity contribution in [2.24, 2.45) is 0 Å². The maximum atomic E-state index is 3.94. The Morgan fingerprint density at radius 2 is 2.40 bits per heavy atom. The topological polar surface area (TPSA) is 12.0 Å². The van der Waals surface area contributed by atoms with Crippen LogP contribution in [-0.4, -0.2) is 0 Å². The maximum Gasteiger partial charge on any atom is 0.0343 e. The average Bonchev–Trinajstić information content (AvgIpc) is 2.19. The van der Waals surface area contributed by atoms with Gasteiger partial charge in [0.1, 0.15) is 0 Å². The van der Waals surface area contributed by atoms with Crippen LogP contribution in [0.25, 0.3) is 0 Å². The highest BCUT2D eigenvalue weighted by Crippen LogP contribution is 2.20. The second-order valence-electron chi connectivity index (χ2n) is 3.90. The smallest absolute Gasteiger partial charge is 0.0343 e. The summed E-state index contributed by atoms with van der Waals surface area (Å²) in [5.41, 5.74) is 3.71. The van der Waals surface area contributed by atoms with Crippen LogP contribution < -0.4 is 5.32 Å². The fraction of sp³-hybridized carbons (Fsp3) is 0.429. The summed E-state index contributed by atoms with van der Waals surface area (Å²) in [7, 11) is 0. The lowest BCUT2D eigenvalue weighted by Gasteiger charge is -2.15. The zero-order valence-corrected chi connectivity index (χ0v) is 9.84. The highest BCUT2D eigenvalue weighted by Gasteiger charge is 2.04. The van der Waals surface area contributed by atoms with Gasteiger partial charge in [-0.15, -0.1) is 0 Å². The molecule has 0 radical (unpaired) electrons. The lowest BCUT2D eigenvalue weighted by molar-refractivity contribution is 0.803. The monoisotopic (exact) mass is 203 g/mol. The normalized spacial score (nSPS) is 16.1. The molecule has 0 aromatic heterocycles. The minimum atomic E-state index is 0.956. The molecule has 0 amide bonds. The predicted octanol–water partition coefficient (Wildman–Crippen LogP) is 4.07. The molecule has 15 heavy (non-hydrogen) atoms. The number of hydrogen-bond donors (Lipinski definition) is 1. The predicted molar refractivity (Wildman–Crippen MR) is 67.4 cm³/mol. The molecule has 1 nitrogen and oxygen atoms in total. The number of allylic oxidation sites excluding steroid dienone is 5. The molecule has 0 atom stereocenters. The molecule has 1 aliphatic carbocycles. The van der Waals surface area contributed by atoms with Gasteiger partial charge in [-0.05, 0) is 38.3 Å². The third-order valence-electron chi connectivity index (χ3n) is 2.43. The lowest BCUT2D eigenvalue weighted by atomic mass is 9.99. The van der Waals surface area contributed by atoms with Crippen molar-refractivity contribution in [3.63, 3.8) is 0 Å². The van der Waals surface area contributed by atoms with E-state index in [2.05, 4.69) is 31.0 Å². The minimum absolute atomic E-state index is 0.956. The van der Waals surface area contributed by atoms with E-state index < -0.39 is 0 Å². The summed E-state index contributed by atoms with van der Waals surface area (Å²) in [6, 6.07) is 0. The zero-order valence-electron chi connectivity index (χ0n) is 9.84. The van der Waals surface area contributed by atoms with Crippen LogP contribution in [-0.2, 0) is 0 Å². The maximum absolute atomic E-state index is 3.94. The van der Waals surface area contributed by atoms with E-state index >= 15 is 0 Å². The quantitative estimate of drug-likeness (QED) is 0.664. The van der Waals surface area contributed by atoms with Crippen LogP contribution in [0.2, 0.25) is 0 Å². The molecule has 0 aromatic carbocycles. The lowest BCUT2D eigenvalue weighted by Crippen LogP contribution is -2.11. The third kappa shape index (κ3) is 4.20. The molecule has 0 bridgehead atoms. The van der Waals surface area contributed by atoms with Crippen LogP contribution in [0.1, 0.15) is 39.5 Å². The van der Waals surface area contributed by atoms with Crippen LogP contribution in [0.4, 0.5) is 0 Å². The number of hydrogen-bond acceptors (Lipinski definition) is 1. The summed E-state index contributed by atoms with van der Waals surface area (Å²) in [5, 5.41) is 3.31. The number of rotatable bonds is 5. The van der Waals surface area contributed by atoms with Crippen molar-refractivity contribution in [1.29, 1.82) is 0 Å². The van der Waals surface area contributed by atoms with Crippen molar-refractivity contribution in [2.45, 2.75) is 39.5 Å². The van der Waals surface area contributed by atoms with Crippen molar-refractivity contribution < 1.29 is 0 Å². The molecular formula is C14H21N. The first kappa shape index (κ1) is 11.8. The van der Waals surface area contributed by atoms with Crippen molar-refractivity contribution in [1.82, 2.24) is 5.32 Å². The first-order chi connectivity index (χ1) is 7.26. The van der Waals surface area contributed by atoms with Gasteiger partial charge in [-0.2, -0.15) is 0 Å². The molecule has 1 aliphatic rings. The van der Waals surface area contributed by atoms with E-state index in [9.17, 15) is 0 Å². The minimum Gasteiger partial charge on any atom is -0.356 e. The Balaban J connectivity index is 2.55. The Kier molecular flexibility index (Phi) is 4.96. The fourth-order valence-corrected chi connectivity index (χ4v) is 1.80. The van der Waals surface area contributed by atoms with Gasteiger partial charge in [0.15, 0.2) is 0 Å². The van der Waals surface area contributed by atoms with E-state index in [1.807, 2.05) is 19.1 Å². The number of nitrogens with one attached hydrogen (secondary N) is 1. The van der Waals surface area contributed by atoms with Crippen LogP contribution >= 0.6 is 0 Å². The molecule has 0 saturated carbocycles. The summed E-state index contributed by atoms with van der Waals surface area (Å²) in [5.74, 6) is 0. The van der Waals surface area contributed by atoms with Crippen LogP contribution in [0, 0.1) is 0 Å². The van der Waals surface area contributed by atoms with E-state index in [-0.39, 0.29) is 0 Å². The molecule has 0 unspecified atom stereocenters. The Morgan fingerprint density at radius 3 is 3.07 bits per heavy atom. The van der Waals surface area contributed by atoms with Gasteiger partial charge < -0.3 is 5.32 Å². The molecule has 0 saturated heterocycles. The van der Waals surface area contributed by atoms with Crippen molar-refractivity contribution >= 4 is 0 Å². The average molecular weight is 203 g/mol. The van der Waals surface area contributed by atoms with Crippen LogP contribution in [0.5, 0.6) is 0 Å². The van der Waals surface area contributed by atoms with Gasteiger partial charge in [0.25, 0.3) is 0 Å². The SMILES string of the molecule is C=C(/C=C/C)NC1=CCCC(CCC)=C1. The van der Waals surface area contributed by atoms with Gasteiger partial charge in [-0.1, -0.05) is 37.6 Å². The second kappa shape index (κ2) is 6.28. The summed E-state index contributed by atoms with van der Waals surface area (Å²) >= 11 is 0. The van der Waals surface area contributed by atoms with Gasteiger partial charge in [0, 0.05) is 11.4 Å². The Labute approximate surface area is 93.3 Å². The Morgan fingerprint density at radius 1 is 1.60 bits per heavy atom. The molecule has 0 aliphatic heterocycles. The Bertz CT molecular complexity index is 305. The highest BCUT2D eigenvalue weighted by atomic mass is 14.9. The van der Waals surface area contributed by atoms with E-state index in [0.29, 0.717) is 0 Å². The molecular weight excluding hydrogens is 182 g/mol. The van der Waals surface area contributed by atoms with Crippen molar-refractivity contribution in [3.05, 3.63) is 47.9 Å². The molecule has 0 aromatic rings. The van der Waals surface area contributed by atoms with Gasteiger partial charge in [0.2, 0.25) is 0 Å². The largest absolute Gasteiger partial charge is 0.356 e. The summed E-state index contributed by atoms with van der Waals surface area (Å²) in [6.07, 6.45) is 13.3. The van der Waals surface area contributed by atoms with Gasteiger partial charge in [0.05, 0.1) is 0 Å². The molecule has 0 spiro atoms. The van der Waals surface area contributed by atoms with E-state index in [1.165, 1.54) is 25.0 Å². The standard InChI is InChI=1S/C14H21N/c1-4-7-12(3)15-14-10-6-9-13(11-14)8-5-2/h4,7,10-11,15H,3,5-6,8-9H2,1-2H3/b7-4+. The molecule has 1 rings (SSSR count). The van der Waals surface area contributed by atoms with E-state index in [4.69, 9.17) is 0 Å². The molecule has 1 N–H and O–H groups in total. The van der Waals surface area contributed by atoms with E-state index in [1.54, 1.807) is 5.57 Å². The molecule has 82 valence electrons. The first-order valence-corrected chi connectivity index (χ1v) is 5.74.